The van der Waals surface area contributed by atoms with Crippen molar-refractivity contribution in [3.8, 4) is 16.9 Å². The zero-order chi connectivity index (χ0) is 27.4. The van der Waals surface area contributed by atoms with Gasteiger partial charge in [0.05, 0.1) is 24.4 Å². The summed E-state index contributed by atoms with van der Waals surface area (Å²) >= 11 is 0. The number of H-pyrrole nitrogens is 1. The molecule has 2 N–H and O–H groups in total. The van der Waals surface area contributed by atoms with Gasteiger partial charge in [0, 0.05) is 24.5 Å². The minimum atomic E-state index is -0.626. The quantitative estimate of drug-likeness (QED) is 0.321. The van der Waals surface area contributed by atoms with Crippen molar-refractivity contribution in [1.29, 1.82) is 0 Å². The lowest BCUT2D eigenvalue weighted by Crippen LogP contribution is -2.41. The van der Waals surface area contributed by atoms with Crippen LogP contribution in [0.5, 0.6) is 5.75 Å². The van der Waals surface area contributed by atoms with Crippen molar-refractivity contribution in [3.63, 3.8) is 0 Å². The highest BCUT2D eigenvalue weighted by atomic mass is 16.6. The number of nitrogens with one attached hydrogen (secondary N) is 2. The average Bonchev–Trinajstić information content (AvgIpc) is 3.27. The van der Waals surface area contributed by atoms with Gasteiger partial charge in [-0.25, -0.2) is 4.79 Å². The van der Waals surface area contributed by atoms with Gasteiger partial charge in [-0.1, -0.05) is 30.3 Å². The number of likely N-dealkylation sites (N-methyl/N-ethyl adjacent to an activating group) is 1. The molecule has 0 fully saturated rings. The summed E-state index contributed by atoms with van der Waals surface area (Å²) in [6.45, 7) is 7.62. The first-order valence-corrected chi connectivity index (χ1v) is 12.5. The van der Waals surface area contributed by atoms with Crippen LogP contribution >= 0.6 is 0 Å². The van der Waals surface area contributed by atoms with Crippen LogP contribution in [0.2, 0.25) is 0 Å². The van der Waals surface area contributed by atoms with E-state index in [1.54, 1.807) is 20.2 Å². The van der Waals surface area contributed by atoms with E-state index >= 15 is 0 Å². The summed E-state index contributed by atoms with van der Waals surface area (Å²) < 4.78 is 10.9. The number of hydrogen-bond acceptors (Lipinski definition) is 5. The lowest BCUT2D eigenvalue weighted by Gasteiger charge is -2.28. The number of benzene rings is 3. The molecular weight excluding hydrogens is 480 g/mol. The Morgan fingerprint density at radius 3 is 2.50 bits per heavy atom. The molecule has 4 rings (SSSR count). The van der Waals surface area contributed by atoms with Gasteiger partial charge in [-0.2, -0.15) is 5.10 Å². The predicted molar refractivity (Wildman–Crippen MR) is 148 cm³/mol. The third-order valence-electron chi connectivity index (χ3n) is 6.17. The van der Waals surface area contributed by atoms with Crippen LogP contribution in [0.25, 0.3) is 22.0 Å². The van der Waals surface area contributed by atoms with E-state index in [1.807, 2.05) is 82.3 Å². The van der Waals surface area contributed by atoms with Crippen molar-refractivity contribution in [1.82, 2.24) is 20.4 Å². The van der Waals surface area contributed by atoms with Gasteiger partial charge in [0.25, 0.3) is 5.91 Å². The topological polar surface area (TPSA) is 96.5 Å². The monoisotopic (exact) mass is 514 g/mol. The molecule has 1 atom stereocenters. The SMILES string of the molecule is COc1cccc(C(CN(C)C(=O)OC(C)(C)C)NC(=O)c2cccc(-c3ccc4[nH]nc(C)c4c3)c2)c1. The van der Waals surface area contributed by atoms with E-state index in [2.05, 4.69) is 21.6 Å². The highest BCUT2D eigenvalue weighted by Gasteiger charge is 2.24. The molecular formula is C30H34N4O4. The molecule has 0 aliphatic heterocycles. The minimum Gasteiger partial charge on any atom is -0.497 e. The van der Waals surface area contributed by atoms with Crippen LogP contribution in [0, 0.1) is 6.92 Å². The number of aromatic amines is 1. The third-order valence-corrected chi connectivity index (χ3v) is 6.17. The smallest absolute Gasteiger partial charge is 0.410 e. The van der Waals surface area contributed by atoms with Gasteiger partial charge in [0.2, 0.25) is 0 Å². The highest BCUT2D eigenvalue weighted by Crippen LogP contribution is 2.27. The summed E-state index contributed by atoms with van der Waals surface area (Å²) in [5.41, 5.74) is 4.50. The fraction of sp³-hybridized carbons (Fsp3) is 0.300. The molecule has 4 aromatic rings. The Hall–Kier alpha value is -4.33. The molecule has 0 bridgehead atoms. The molecule has 1 aromatic heterocycles. The molecule has 0 saturated heterocycles. The van der Waals surface area contributed by atoms with Crippen LogP contribution in [-0.4, -0.2) is 53.4 Å². The number of hydrogen-bond donors (Lipinski definition) is 2. The largest absolute Gasteiger partial charge is 0.497 e. The number of nitrogens with zero attached hydrogens (tertiary/aromatic N) is 2. The van der Waals surface area contributed by atoms with Crippen LogP contribution in [0.4, 0.5) is 4.79 Å². The fourth-order valence-electron chi connectivity index (χ4n) is 4.19. The molecule has 3 aromatic carbocycles. The van der Waals surface area contributed by atoms with E-state index in [0.717, 1.165) is 33.3 Å². The third kappa shape index (κ3) is 6.32. The van der Waals surface area contributed by atoms with Gasteiger partial charge in [0.1, 0.15) is 11.4 Å². The Labute approximate surface area is 222 Å². The lowest BCUT2D eigenvalue weighted by atomic mass is 10.0. The summed E-state index contributed by atoms with van der Waals surface area (Å²) in [5, 5.41) is 11.4. The Morgan fingerprint density at radius 2 is 1.76 bits per heavy atom. The van der Waals surface area contributed by atoms with E-state index in [-0.39, 0.29) is 12.5 Å². The number of amides is 2. The molecule has 38 heavy (non-hydrogen) atoms. The Bertz CT molecular complexity index is 1450. The van der Waals surface area contributed by atoms with E-state index < -0.39 is 17.7 Å². The molecule has 0 spiro atoms. The first-order valence-electron chi connectivity index (χ1n) is 12.5. The zero-order valence-corrected chi connectivity index (χ0v) is 22.7. The minimum absolute atomic E-state index is 0.212. The molecule has 8 heteroatoms. The summed E-state index contributed by atoms with van der Waals surface area (Å²) in [7, 11) is 3.25. The summed E-state index contributed by atoms with van der Waals surface area (Å²) in [5.74, 6) is 0.409. The van der Waals surface area contributed by atoms with Crippen LogP contribution in [0.3, 0.4) is 0 Å². The summed E-state index contributed by atoms with van der Waals surface area (Å²) in [4.78, 5) is 27.6. The van der Waals surface area contributed by atoms with E-state index in [4.69, 9.17) is 9.47 Å². The number of aromatic nitrogens is 2. The lowest BCUT2D eigenvalue weighted by molar-refractivity contribution is 0.0280. The van der Waals surface area contributed by atoms with Gasteiger partial charge in [-0.15, -0.1) is 0 Å². The Kier molecular flexibility index (Phi) is 7.71. The van der Waals surface area contributed by atoms with Crippen LogP contribution in [-0.2, 0) is 4.74 Å². The predicted octanol–water partition coefficient (Wildman–Crippen LogP) is 5.88. The molecule has 1 unspecified atom stereocenters. The van der Waals surface area contributed by atoms with Crippen molar-refractivity contribution in [3.05, 3.63) is 83.6 Å². The summed E-state index contributed by atoms with van der Waals surface area (Å²) in [6, 6.07) is 20.5. The molecule has 8 nitrogen and oxygen atoms in total. The van der Waals surface area contributed by atoms with Gasteiger partial charge < -0.3 is 19.7 Å². The second kappa shape index (κ2) is 11.0. The molecule has 0 aliphatic carbocycles. The standard InChI is InChI=1S/C30H34N4O4/c1-19-25-17-21(13-14-26(25)33-32-19)20-9-7-11-23(15-20)28(35)31-27(22-10-8-12-24(16-22)37-6)18-34(5)29(36)38-30(2,3)4/h7-17,27H,18H2,1-6H3,(H,31,35)(H,32,33). The second-order valence-electron chi connectivity index (χ2n) is 10.3. The molecule has 0 saturated carbocycles. The molecule has 0 aliphatic rings. The van der Waals surface area contributed by atoms with Crippen LogP contribution in [0.15, 0.2) is 66.7 Å². The maximum atomic E-state index is 13.5. The maximum absolute atomic E-state index is 13.5. The number of carbonyl (C=O) groups is 2. The summed E-state index contributed by atoms with van der Waals surface area (Å²) in [6.07, 6.45) is -0.466. The van der Waals surface area contributed by atoms with Crippen molar-refractivity contribution >= 4 is 22.9 Å². The van der Waals surface area contributed by atoms with Crippen LogP contribution < -0.4 is 10.1 Å². The number of methoxy groups -OCH3 is 1. The first kappa shape index (κ1) is 26.7. The van der Waals surface area contributed by atoms with Crippen molar-refractivity contribution in [2.45, 2.75) is 39.3 Å². The molecule has 1 heterocycles. The highest BCUT2D eigenvalue weighted by molar-refractivity contribution is 5.96. The van der Waals surface area contributed by atoms with E-state index in [0.29, 0.717) is 11.3 Å². The van der Waals surface area contributed by atoms with Gasteiger partial charge >= 0.3 is 6.09 Å². The number of fused-ring (bicyclic) bond motifs is 1. The van der Waals surface area contributed by atoms with Crippen LogP contribution in [0.1, 0.15) is 48.4 Å². The Morgan fingerprint density at radius 1 is 1.03 bits per heavy atom. The second-order valence-corrected chi connectivity index (χ2v) is 10.3. The fourth-order valence-corrected chi connectivity index (χ4v) is 4.19. The number of rotatable bonds is 7. The number of carbonyl (C=O) groups excluding carboxylic acids is 2. The van der Waals surface area contributed by atoms with E-state index in [1.165, 1.54) is 4.90 Å². The zero-order valence-electron chi connectivity index (χ0n) is 22.7. The van der Waals surface area contributed by atoms with Crippen molar-refractivity contribution in [2.24, 2.45) is 0 Å². The maximum Gasteiger partial charge on any atom is 0.410 e. The molecule has 0 radical (unpaired) electrons. The average molecular weight is 515 g/mol. The number of aryl methyl sites for hydroxylation is 1. The van der Waals surface area contributed by atoms with Gasteiger partial charge in [0.15, 0.2) is 0 Å². The molecule has 2 amide bonds. The number of ether oxygens (including phenoxy) is 2. The van der Waals surface area contributed by atoms with Gasteiger partial charge in [-0.05, 0) is 80.8 Å². The van der Waals surface area contributed by atoms with Crippen molar-refractivity contribution < 1.29 is 19.1 Å². The Balaban J connectivity index is 1.59. The first-order chi connectivity index (χ1) is 18.0. The van der Waals surface area contributed by atoms with Crippen molar-refractivity contribution in [2.75, 3.05) is 20.7 Å². The molecule has 198 valence electrons. The van der Waals surface area contributed by atoms with E-state index in [9.17, 15) is 9.59 Å². The van der Waals surface area contributed by atoms with Gasteiger partial charge in [-0.3, -0.25) is 9.89 Å². The normalized spacial score (nSPS) is 12.2.